The molecule has 3 aromatic rings. The Labute approximate surface area is 122 Å². The second-order valence-electron chi connectivity index (χ2n) is 3.73. The normalized spacial score (nSPS) is 10.8. The maximum atomic E-state index is 6.19. The van der Waals surface area contributed by atoms with E-state index in [0.29, 0.717) is 33.3 Å². The van der Waals surface area contributed by atoms with Gasteiger partial charge in [0.2, 0.25) is 0 Å². The van der Waals surface area contributed by atoms with Crippen molar-refractivity contribution in [1.82, 2.24) is 18.7 Å². The molecule has 3 rings (SSSR count). The van der Waals surface area contributed by atoms with Gasteiger partial charge in [-0.3, -0.25) is 0 Å². The Morgan fingerprint density at radius 1 is 1.16 bits per heavy atom. The summed E-state index contributed by atoms with van der Waals surface area (Å²) < 4.78 is 8.37. The van der Waals surface area contributed by atoms with Gasteiger partial charge in [0.05, 0.1) is 39.7 Å². The van der Waals surface area contributed by atoms with Crippen LogP contribution in [0.15, 0.2) is 24.7 Å². The van der Waals surface area contributed by atoms with E-state index in [-0.39, 0.29) is 0 Å². The number of rotatable bonds is 3. The monoisotopic (exact) mass is 311 g/mol. The van der Waals surface area contributed by atoms with Crippen LogP contribution in [0.1, 0.15) is 5.69 Å². The molecule has 0 unspecified atom stereocenters. The highest BCUT2D eigenvalue weighted by atomic mass is 35.5. The molecule has 96 valence electrons. The molecule has 1 N–H and O–H groups in total. The van der Waals surface area contributed by atoms with E-state index in [0.717, 1.165) is 17.4 Å². The minimum atomic E-state index is 0.501. The first kappa shape index (κ1) is 12.5. The SMILES string of the molecule is Clc1cc(Cl)c2nsnc2c1NCc1ccncn1. The average Bonchev–Trinajstić information content (AvgIpc) is 2.89. The molecule has 0 aliphatic heterocycles. The smallest absolute Gasteiger partial charge is 0.130 e. The van der Waals surface area contributed by atoms with Crippen molar-refractivity contribution < 1.29 is 0 Å². The zero-order valence-electron chi connectivity index (χ0n) is 9.47. The first-order chi connectivity index (χ1) is 9.25. The molecule has 1 aromatic carbocycles. The summed E-state index contributed by atoms with van der Waals surface area (Å²) in [5.74, 6) is 0. The van der Waals surface area contributed by atoms with Crippen molar-refractivity contribution in [2.24, 2.45) is 0 Å². The molecule has 0 spiro atoms. The molecule has 2 heterocycles. The number of fused-ring (bicyclic) bond motifs is 1. The number of aromatic nitrogens is 4. The highest BCUT2D eigenvalue weighted by Gasteiger charge is 2.13. The number of hydrogen-bond donors (Lipinski definition) is 1. The summed E-state index contributed by atoms with van der Waals surface area (Å²) in [6, 6.07) is 3.49. The molecule has 0 amide bonds. The van der Waals surface area contributed by atoms with Gasteiger partial charge in [-0.2, -0.15) is 8.75 Å². The van der Waals surface area contributed by atoms with Crippen molar-refractivity contribution >= 4 is 51.7 Å². The zero-order chi connectivity index (χ0) is 13.2. The van der Waals surface area contributed by atoms with E-state index in [1.54, 1.807) is 12.3 Å². The molecular formula is C11H7Cl2N5S. The summed E-state index contributed by atoms with van der Waals surface area (Å²) in [5.41, 5.74) is 2.91. The van der Waals surface area contributed by atoms with Crippen LogP contribution in [0.25, 0.3) is 11.0 Å². The van der Waals surface area contributed by atoms with Gasteiger partial charge in [-0.05, 0) is 12.1 Å². The fourth-order valence-electron chi connectivity index (χ4n) is 1.64. The largest absolute Gasteiger partial charge is 0.376 e. The van der Waals surface area contributed by atoms with Gasteiger partial charge in [-0.15, -0.1) is 0 Å². The summed E-state index contributed by atoms with van der Waals surface area (Å²) in [6.07, 6.45) is 3.19. The minimum Gasteiger partial charge on any atom is -0.376 e. The molecule has 0 saturated heterocycles. The second-order valence-corrected chi connectivity index (χ2v) is 5.07. The lowest BCUT2D eigenvalue weighted by molar-refractivity contribution is 1.01. The lowest BCUT2D eigenvalue weighted by atomic mass is 10.2. The van der Waals surface area contributed by atoms with E-state index in [2.05, 4.69) is 24.0 Å². The first-order valence-electron chi connectivity index (χ1n) is 5.34. The van der Waals surface area contributed by atoms with Crippen LogP contribution in [-0.4, -0.2) is 18.7 Å². The molecule has 8 heteroatoms. The van der Waals surface area contributed by atoms with Gasteiger partial charge < -0.3 is 5.32 Å². The Morgan fingerprint density at radius 3 is 2.79 bits per heavy atom. The van der Waals surface area contributed by atoms with Gasteiger partial charge in [0.15, 0.2) is 0 Å². The molecule has 0 aliphatic carbocycles. The van der Waals surface area contributed by atoms with Gasteiger partial charge in [-0.25, -0.2) is 9.97 Å². The number of hydrogen-bond acceptors (Lipinski definition) is 6. The quantitative estimate of drug-likeness (QED) is 0.803. The summed E-state index contributed by atoms with van der Waals surface area (Å²) in [6.45, 7) is 0.524. The topological polar surface area (TPSA) is 63.6 Å². The molecule has 0 atom stereocenters. The summed E-state index contributed by atoms with van der Waals surface area (Å²) in [5, 5.41) is 4.22. The Balaban J connectivity index is 1.95. The minimum absolute atomic E-state index is 0.501. The molecule has 19 heavy (non-hydrogen) atoms. The zero-order valence-corrected chi connectivity index (χ0v) is 11.8. The van der Waals surface area contributed by atoms with Crippen LogP contribution in [0.4, 0.5) is 5.69 Å². The van der Waals surface area contributed by atoms with Crippen LogP contribution >= 0.6 is 34.9 Å². The van der Waals surface area contributed by atoms with Crippen LogP contribution in [0.2, 0.25) is 10.0 Å². The molecule has 0 fully saturated rings. The third-order valence-electron chi connectivity index (χ3n) is 2.53. The summed E-state index contributed by atoms with van der Waals surface area (Å²) in [7, 11) is 0. The lowest BCUT2D eigenvalue weighted by Gasteiger charge is -2.08. The van der Waals surface area contributed by atoms with Crippen LogP contribution in [0.3, 0.4) is 0 Å². The van der Waals surface area contributed by atoms with E-state index in [1.165, 1.54) is 6.33 Å². The van der Waals surface area contributed by atoms with Crippen molar-refractivity contribution in [3.05, 3.63) is 40.4 Å². The third-order valence-corrected chi connectivity index (χ3v) is 3.65. The fourth-order valence-corrected chi connectivity index (χ4v) is 2.82. The third kappa shape index (κ3) is 2.47. The molecule has 5 nitrogen and oxygen atoms in total. The van der Waals surface area contributed by atoms with Gasteiger partial charge in [-0.1, -0.05) is 23.2 Å². The van der Waals surface area contributed by atoms with Gasteiger partial charge in [0, 0.05) is 6.20 Å². The van der Waals surface area contributed by atoms with Crippen molar-refractivity contribution in [3.63, 3.8) is 0 Å². The predicted octanol–water partition coefficient (Wildman–Crippen LogP) is 3.40. The fraction of sp³-hybridized carbons (Fsp3) is 0.0909. The molecular weight excluding hydrogens is 305 g/mol. The average molecular weight is 312 g/mol. The second kappa shape index (κ2) is 5.24. The van der Waals surface area contributed by atoms with Crippen molar-refractivity contribution in [1.29, 1.82) is 0 Å². The highest BCUT2D eigenvalue weighted by molar-refractivity contribution is 7.00. The van der Waals surface area contributed by atoms with Crippen molar-refractivity contribution in [2.75, 3.05) is 5.32 Å². The molecule has 2 aromatic heterocycles. The number of nitrogens with one attached hydrogen (secondary N) is 1. The Bertz CT molecular complexity index is 716. The van der Waals surface area contributed by atoms with E-state index in [4.69, 9.17) is 23.2 Å². The van der Waals surface area contributed by atoms with Gasteiger partial charge in [0.1, 0.15) is 17.4 Å². The first-order valence-corrected chi connectivity index (χ1v) is 6.83. The maximum absolute atomic E-state index is 6.19. The van der Waals surface area contributed by atoms with Gasteiger partial charge >= 0.3 is 0 Å². The van der Waals surface area contributed by atoms with Crippen molar-refractivity contribution in [3.8, 4) is 0 Å². The van der Waals surface area contributed by atoms with Crippen LogP contribution in [-0.2, 0) is 6.54 Å². The maximum Gasteiger partial charge on any atom is 0.130 e. The van der Waals surface area contributed by atoms with Crippen LogP contribution in [0.5, 0.6) is 0 Å². The van der Waals surface area contributed by atoms with E-state index < -0.39 is 0 Å². The van der Waals surface area contributed by atoms with Crippen molar-refractivity contribution in [2.45, 2.75) is 6.54 Å². The Morgan fingerprint density at radius 2 is 2.00 bits per heavy atom. The predicted molar refractivity (Wildman–Crippen MR) is 76.8 cm³/mol. The van der Waals surface area contributed by atoms with Gasteiger partial charge in [0.25, 0.3) is 0 Å². The molecule has 0 saturated carbocycles. The lowest BCUT2D eigenvalue weighted by Crippen LogP contribution is -2.02. The molecule has 0 bridgehead atoms. The van der Waals surface area contributed by atoms with E-state index in [1.807, 2.05) is 6.07 Å². The standard InChI is InChI=1S/C11H7Cl2N5S/c12-7-3-8(13)10-11(18-19-17-10)9(7)15-4-6-1-2-14-5-16-6/h1-3,5,15H,4H2. The molecule has 0 aliphatic rings. The van der Waals surface area contributed by atoms with Crippen LogP contribution < -0.4 is 5.32 Å². The summed E-state index contributed by atoms with van der Waals surface area (Å²) in [4.78, 5) is 8.00. The number of nitrogens with zero attached hydrogens (tertiary/aromatic N) is 4. The Kier molecular flexibility index (Phi) is 3.46. The number of benzene rings is 1. The van der Waals surface area contributed by atoms with E-state index in [9.17, 15) is 0 Å². The molecule has 0 radical (unpaired) electrons. The summed E-state index contributed by atoms with van der Waals surface area (Å²) >= 11 is 13.4. The van der Waals surface area contributed by atoms with E-state index >= 15 is 0 Å². The highest BCUT2D eigenvalue weighted by Crippen LogP contribution is 2.35. The Hall–Kier alpha value is -1.50. The van der Waals surface area contributed by atoms with Crippen LogP contribution in [0, 0.1) is 0 Å². The number of anilines is 1. The number of halogens is 2.